The predicted molar refractivity (Wildman–Crippen MR) is 128 cm³/mol. The van der Waals surface area contributed by atoms with Crippen molar-refractivity contribution in [1.82, 2.24) is 10.2 Å². The average molecular weight is 467 g/mol. The lowest BCUT2D eigenvalue weighted by Crippen LogP contribution is -2.54. The van der Waals surface area contributed by atoms with Gasteiger partial charge in [-0.2, -0.15) is 0 Å². The lowest BCUT2D eigenvalue weighted by Gasteiger charge is -2.42. The van der Waals surface area contributed by atoms with Crippen LogP contribution in [0.5, 0.6) is 6.08 Å². The number of nitrogens with zero attached hydrogens (tertiary/aromatic N) is 2. The maximum absolute atomic E-state index is 13.0. The maximum Gasteiger partial charge on any atom is 0.415 e. The fourth-order valence-corrected chi connectivity index (χ4v) is 5.43. The Labute approximate surface area is 195 Å². The topological polar surface area (TPSA) is 100 Å². The van der Waals surface area contributed by atoms with Crippen molar-refractivity contribution < 1.29 is 18.4 Å². The van der Waals surface area contributed by atoms with Gasteiger partial charge in [-0.1, -0.05) is 64.9 Å². The van der Waals surface area contributed by atoms with E-state index in [4.69, 9.17) is 19.3 Å². The van der Waals surface area contributed by atoms with Gasteiger partial charge in [0.2, 0.25) is 5.60 Å². The Balaban J connectivity index is 2.31. The lowest BCUT2D eigenvalue weighted by molar-refractivity contribution is -0.134. The summed E-state index contributed by atoms with van der Waals surface area (Å²) >= 11 is 0. The van der Waals surface area contributed by atoms with Crippen LogP contribution in [0.25, 0.3) is 0 Å². The zero-order valence-electron chi connectivity index (χ0n) is 21.4. The number of ether oxygens (including phenoxy) is 1. The van der Waals surface area contributed by atoms with Gasteiger partial charge < -0.3 is 19.3 Å². The molecule has 2 atom stereocenters. The number of aromatic nitrogens is 2. The molecule has 0 spiro atoms. The Bertz CT molecular complexity index is 738. The van der Waals surface area contributed by atoms with Gasteiger partial charge in [-0.25, -0.2) is 0 Å². The Kier molecular flexibility index (Phi) is 8.95. The fourth-order valence-electron chi connectivity index (χ4n) is 4.05. The quantitative estimate of drug-likeness (QED) is 0.416. The number of hydrogen-bond acceptors (Lipinski definition) is 6. The zero-order valence-corrected chi connectivity index (χ0v) is 22.4. The molecule has 2 N–H and O–H groups in total. The van der Waals surface area contributed by atoms with Gasteiger partial charge in [-0.05, 0) is 56.7 Å². The number of carbonyl (C=O) groups excluding carboxylic acids is 1. The van der Waals surface area contributed by atoms with E-state index in [0.717, 1.165) is 12.3 Å². The van der Waals surface area contributed by atoms with E-state index in [1.807, 2.05) is 20.3 Å². The first-order chi connectivity index (χ1) is 14.8. The van der Waals surface area contributed by atoms with Gasteiger partial charge in [-0.3, -0.25) is 4.79 Å². The van der Waals surface area contributed by atoms with Crippen LogP contribution >= 0.6 is 0 Å². The van der Waals surface area contributed by atoms with E-state index in [1.54, 1.807) is 0 Å². The number of carbonyl (C=O) groups is 1. The number of nitrogens with two attached hydrogens (primary N) is 1. The molecular formula is C24H44N3O4Si. The van der Waals surface area contributed by atoms with Gasteiger partial charge in [0.15, 0.2) is 8.32 Å². The molecule has 1 radical (unpaired) electrons. The van der Waals surface area contributed by atoms with Gasteiger partial charge in [0.25, 0.3) is 11.8 Å². The smallest absolute Gasteiger partial charge is 0.415 e. The van der Waals surface area contributed by atoms with Crippen molar-refractivity contribution in [3.8, 4) is 6.08 Å². The molecule has 8 heteroatoms. The van der Waals surface area contributed by atoms with Crippen LogP contribution in [0.2, 0.25) is 18.1 Å². The molecule has 183 valence electrons. The number of hydrogen-bond donors (Lipinski definition) is 1. The minimum atomic E-state index is -2.42. The summed E-state index contributed by atoms with van der Waals surface area (Å²) < 4.78 is 18.0. The minimum absolute atomic E-state index is 0.0168. The molecule has 7 nitrogen and oxygen atoms in total. The van der Waals surface area contributed by atoms with E-state index in [0.29, 0.717) is 12.3 Å². The molecule has 0 aliphatic heterocycles. The van der Waals surface area contributed by atoms with Crippen LogP contribution in [0.15, 0.2) is 4.42 Å². The molecule has 1 fully saturated rings. The van der Waals surface area contributed by atoms with Crippen molar-refractivity contribution >= 4 is 14.2 Å². The van der Waals surface area contributed by atoms with E-state index >= 15 is 0 Å². The maximum atomic E-state index is 13.0. The highest BCUT2D eigenvalue weighted by molar-refractivity contribution is 6.74. The van der Waals surface area contributed by atoms with Crippen molar-refractivity contribution in [3.63, 3.8) is 0 Å². The lowest BCUT2D eigenvalue weighted by atomic mass is 9.81. The predicted octanol–water partition coefficient (Wildman–Crippen LogP) is 5.76. The number of primary amides is 1. The second kappa shape index (κ2) is 10.7. The molecule has 1 saturated carbocycles. The van der Waals surface area contributed by atoms with Crippen LogP contribution in [-0.2, 0) is 14.8 Å². The van der Waals surface area contributed by atoms with E-state index in [1.165, 1.54) is 32.1 Å². The van der Waals surface area contributed by atoms with Crippen LogP contribution in [-0.4, -0.2) is 30.5 Å². The number of amides is 1. The molecule has 2 rings (SSSR count). The fraction of sp³-hybridized carbons (Fsp3) is 0.833. The summed E-state index contributed by atoms with van der Waals surface area (Å²) in [6, 6.07) is 0. The molecule has 0 saturated heterocycles. The molecule has 32 heavy (non-hydrogen) atoms. The molecule has 2 unspecified atom stereocenters. The highest BCUT2D eigenvalue weighted by Gasteiger charge is 2.52. The molecule has 1 aliphatic rings. The van der Waals surface area contributed by atoms with E-state index < -0.39 is 19.8 Å². The van der Waals surface area contributed by atoms with Gasteiger partial charge in [0.1, 0.15) is 0 Å². The first-order valence-electron chi connectivity index (χ1n) is 12.1. The average Bonchev–Trinajstić information content (AvgIpc) is 3.13. The van der Waals surface area contributed by atoms with Gasteiger partial charge >= 0.3 is 6.08 Å². The van der Waals surface area contributed by atoms with E-state index in [9.17, 15) is 4.79 Å². The summed E-state index contributed by atoms with van der Waals surface area (Å²) in [6.07, 6.45) is 10.2. The Morgan fingerprint density at radius 3 is 2.34 bits per heavy atom. The zero-order chi connectivity index (χ0) is 24.2. The van der Waals surface area contributed by atoms with Crippen molar-refractivity contribution in [1.29, 1.82) is 0 Å². The van der Waals surface area contributed by atoms with Crippen LogP contribution < -0.4 is 10.5 Å². The summed E-state index contributed by atoms with van der Waals surface area (Å²) in [5.74, 6) is 0.572. The van der Waals surface area contributed by atoms with Crippen molar-refractivity contribution in [3.05, 3.63) is 12.3 Å². The van der Waals surface area contributed by atoms with Crippen LogP contribution in [0.3, 0.4) is 0 Å². The highest BCUT2D eigenvalue weighted by Crippen LogP contribution is 2.44. The van der Waals surface area contributed by atoms with E-state index in [2.05, 4.69) is 51.0 Å². The third-order valence-corrected chi connectivity index (χ3v) is 11.4. The number of rotatable bonds is 11. The molecule has 0 bridgehead atoms. The molecule has 1 aromatic heterocycles. The van der Waals surface area contributed by atoms with Gasteiger partial charge in [-0.15, -0.1) is 5.10 Å². The first kappa shape index (κ1) is 26.8. The van der Waals surface area contributed by atoms with Crippen molar-refractivity contribution in [2.24, 2.45) is 17.6 Å². The monoisotopic (exact) mass is 466 g/mol. The minimum Gasteiger partial charge on any atom is -0.446 e. The summed E-state index contributed by atoms with van der Waals surface area (Å²) in [6.45, 7) is 16.5. The third kappa shape index (κ3) is 6.79. The Hall–Kier alpha value is -1.41. The van der Waals surface area contributed by atoms with E-state index in [-0.39, 0.29) is 23.1 Å². The second-order valence-electron chi connectivity index (χ2n) is 11.3. The molecule has 1 heterocycles. The SMILES string of the molecule is CC(C[CH]C(O[Si](C)(C)C(C)(C)C)(C(N)=O)c1nnc(OC(C)C)o1)CC1CCCCC1. The second-order valence-corrected chi connectivity index (χ2v) is 16.0. The Morgan fingerprint density at radius 1 is 1.19 bits per heavy atom. The standard InChI is InChI=1S/C24H44N3O4Si/c1-17(2)29-22-27-26-21(30-22)24(20(25)28,31-32(7,8)23(4,5)6)15-14-18(3)16-19-12-10-9-11-13-19/h15,17-19H,9-14,16H2,1-8H3,(H2,25,28). The Morgan fingerprint density at radius 2 is 1.81 bits per heavy atom. The first-order valence-corrected chi connectivity index (χ1v) is 15.0. The molecule has 0 aromatic carbocycles. The van der Waals surface area contributed by atoms with Crippen molar-refractivity contribution in [2.45, 2.75) is 116 Å². The van der Waals surface area contributed by atoms with Crippen LogP contribution in [0.4, 0.5) is 0 Å². The van der Waals surface area contributed by atoms with Crippen LogP contribution in [0.1, 0.15) is 92.4 Å². The van der Waals surface area contributed by atoms with Gasteiger partial charge in [0, 0.05) is 6.42 Å². The summed E-state index contributed by atoms with van der Waals surface area (Å²) in [7, 11) is -2.42. The molecular weight excluding hydrogens is 422 g/mol. The normalized spacial score (nSPS) is 19.0. The highest BCUT2D eigenvalue weighted by atomic mass is 28.4. The largest absolute Gasteiger partial charge is 0.446 e. The van der Waals surface area contributed by atoms with Crippen LogP contribution in [0, 0.1) is 18.3 Å². The van der Waals surface area contributed by atoms with Gasteiger partial charge in [0.05, 0.1) is 6.10 Å². The van der Waals surface area contributed by atoms with Crippen molar-refractivity contribution in [2.75, 3.05) is 0 Å². The molecule has 1 aliphatic carbocycles. The summed E-state index contributed by atoms with van der Waals surface area (Å²) in [5, 5.41) is 8.00. The summed E-state index contributed by atoms with van der Waals surface area (Å²) in [4.78, 5) is 13.0. The molecule has 1 aromatic rings. The molecule has 1 amide bonds. The summed E-state index contributed by atoms with van der Waals surface area (Å²) in [5.41, 5.74) is 4.42. The third-order valence-electron chi connectivity index (χ3n) is 6.92.